The van der Waals surface area contributed by atoms with Crippen LogP contribution in [0.5, 0.6) is 0 Å². The van der Waals surface area contributed by atoms with E-state index in [1.54, 1.807) is 18.7 Å². The largest absolute Gasteiger partial charge is 0.320 e. The Balaban J connectivity index is 2.91. The number of nitrogens with zero attached hydrogens (tertiary/aromatic N) is 3. The predicted octanol–water partition coefficient (Wildman–Crippen LogP) is 2.09. The molecule has 2 heterocycles. The first-order chi connectivity index (χ1) is 6.88. The Kier molecular flexibility index (Phi) is 2.40. The highest BCUT2D eigenvalue weighted by Gasteiger charge is 1.90. The van der Waals surface area contributed by atoms with Crippen LogP contribution in [-0.2, 0) is 7.05 Å². The highest BCUT2D eigenvalue weighted by atomic mass is 15.0. The molecule has 0 N–H and O–H groups in total. The van der Waals surface area contributed by atoms with E-state index in [-0.39, 0.29) is 0 Å². The molecule has 0 aliphatic carbocycles. The summed E-state index contributed by atoms with van der Waals surface area (Å²) in [6.45, 7) is 0. The van der Waals surface area contributed by atoms with E-state index < -0.39 is 0 Å². The fourth-order valence-electron chi connectivity index (χ4n) is 1.29. The van der Waals surface area contributed by atoms with Crippen molar-refractivity contribution in [1.29, 1.82) is 0 Å². The highest BCUT2D eigenvalue weighted by molar-refractivity contribution is 5.73. The van der Waals surface area contributed by atoms with Gasteiger partial charge in [0.1, 0.15) is 5.65 Å². The van der Waals surface area contributed by atoms with Crippen LogP contribution in [0.15, 0.2) is 49.1 Å². The molecule has 0 radical (unpaired) electrons. The fourth-order valence-corrected chi connectivity index (χ4v) is 1.29. The monoisotopic (exact) mass is 185 g/mol. The number of aromatic nitrogens is 3. The van der Waals surface area contributed by atoms with Gasteiger partial charge < -0.3 is 4.57 Å². The normalized spacial score (nSPS) is 9.79. The van der Waals surface area contributed by atoms with Crippen molar-refractivity contribution in [3.05, 3.63) is 49.1 Å². The molecule has 0 spiro atoms. The van der Waals surface area contributed by atoms with Crippen molar-refractivity contribution in [3.63, 3.8) is 0 Å². The smallest absolute Gasteiger partial charge is 0.140 e. The first kappa shape index (κ1) is 8.69. The Labute approximate surface area is 82.4 Å². The molecule has 0 saturated carbocycles. The van der Waals surface area contributed by atoms with Crippen LogP contribution in [0, 0.1) is 0 Å². The quantitative estimate of drug-likeness (QED) is 0.629. The van der Waals surface area contributed by atoms with E-state index in [1.807, 2.05) is 41.9 Å². The van der Waals surface area contributed by atoms with E-state index in [0.717, 1.165) is 11.0 Å². The average Bonchev–Trinajstić information content (AvgIpc) is 2.30. The molecule has 0 aliphatic rings. The zero-order valence-electron chi connectivity index (χ0n) is 7.96. The van der Waals surface area contributed by atoms with Crippen LogP contribution >= 0.6 is 0 Å². The van der Waals surface area contributed by atoms with Gasteiger partial charge >= 0.3 is 0 Å². The molecule has 0 amide bonds. The second-order valence-corrected chi connectivity index (χ2v) is 2.99. The summed E-state index contributed by atoms with van der Waals surface area (Å²) in [5.41, 5.74) is 0.913. The van der Waals surface area contributed by atoms with E-state index in [0.29, 0.717) is 0 Å². The van der Waals surface area contributed by atoms with E-state index >= 15 is 0 Å². The Morgan fingerprint density at radius 2 is 1.93 bits per heavy atom. The fraction of sp³-hybridized carbons (Fsp3) is 0.0909. The molecule has 3 nitrogen and oxygen atoms in total. The van der Waals surface area contributed by atoms with Gasteiger partial charge in [0.2, 0.25) is 0 Å². The van der Waals surface area contributed by atoms with Crippen LogP contribution in [0.25, 0.3) is 11.0 Å². The summed E-state index contributed by atoms with van der Waals surface area (Å²) >= 11 is 0. The molecule has 0 saturated heterocycles. The van der Waals surface area contributed by atoms with Crippen LogP contribution in [0.4, 0.5) is 0 Å². The molecule has 2 rings (SSSR count). The second-order valence-electron chi connectivity index (χ2n) is 2.99. The van der Waals surface area contributed by atoms with Gasteiger partial charge in [-0.2, -0.15) is 0 Å². The van der Waals surface area contributed by atoms with Gasteiger partial charge in [0.25, 0.3) is 0 Å². The van der Waals surface area contributed by atoms with E-state index in [4.69, 9.17) is 0 Å². The summed E-state index contributed by atoms with van der Waals surface area (Å²) in [4.78, 5) is 8.40. The molecule has 0 bridgehead atoms. The van der Waals surface area contributed by atoms with Gasteiger partial charge in [0.15, 0.2) is 0 Å². The Morgan fingerprint density at radius 3 is 2.86 bits per heavy atom. The minimum absolute atomic E-state index is 0.913. The summed E-state index contributed by atoms with van der Waals surface area (Å²) in [7, 11) is 1.93. The minimum atomic E-state index is 0.913. The van der Waals surface area contributed by atoms with Gasteiger partial charge in [-0.25, -0.2) is 9.97 Å². The number of aryl methyl sites for hydroxylation is 1. The lowest BCUT2D eigenvalue weighted by atomic mass is 10.3. The van der Waals surface area contributed by atoms with Crippen LogP contribution in [0.2, 0.25) is 0 Å². The number of hydrogen-bond acceptors (Lipinski definition) is 2. The molecule has 0 aromatic carbocycles. The molecular formula is C11H11N3. The highest BCUT2D eigenvalue weighted by Crippen LogP contribution is 2.05. The topological polar surface area (TPSA) is 30.7 Å². The zero-order chi connectivity index (χ0) is 9.80. The van der Waals surface area contributed by atoms with Gasteiger partial charge in [0.05, 0.1) is 6.33 Å². The Morgan fingerprint density at radius 1 is 1.07 bits per heavy atom. The lowest BCUT2D eigenvalue weighted by molar-refractivity contribution is 0.902. The van der Waals surface area contributed by atoms with Crippen molar-refractivity contribution in [2.45, 2.75) is 0 Å². The summed E-state index contributed by atoms with van der Waals surface area (Å²) in [5, 5.41) is 1.09. The zero-order valence-corrected chi connectivity index (χ0v) is 7.96. The summed E-state index contributed by atoms with van der Waals surface area (Å²) in [5.74, 6) is 0. The third kappa shape index (κ3) is 1.71. The summed E-state index contributed by atoms with van der Waals surface area (Å²) < 4.78 is 1.90. The molecule has 70 valence electrons. The maximum Gasteiger partial charge on any atom is 0.140 e. The minimum Gasteiger partial charge on any atom is -0.320 e. The standard InChI is InChI=1S/C11H11N3/c1-14-9-12-7-3-2-5-10-6-4-8-13-11(10)14/h2-9H,1H3. The predicted molar refractivity (Wildman–Crippen MR) is 56.1 cm³/mol. The number of hydrogen-bond donors (Lipinski definition) is 0. The van der Waals surface area contributed by atoms with Gasteiger partial charge in [-0.05, 0) is 18.2 Å². The molecule has 14 heavy (non-hydrogen) atoms. The summed E-state index contributed by atoms with van der Waals surface area (Å²) in [6, 6.07) is 9.82. The third-order valence-corrected chi connectivity index (χ3v) is 1.95. The lowest BCUT2D eigenvalue weighted by Gasteiger charge is -1.97. The maximum atomic E-state index is 4.30. The van der Waals surface area contributed by atoms with Crippen LogP contribution in [0.3, 0.4) is 0 Å². The SMILES string of the molecule is Cn1cnccccc2cccnc21. The molecule has 0 unspecified atom stereocenters. The van der Waals surface area contributed by atoms with Gasteiger partial charge in [-0.3, -0.25) is 0 Å². The van der Waals surface area contributed by atoms with Crippen molar-refractivity contribution >= 4 is 11.0 Å². The van der Waals surface area contributed by atoms with Crippen molar-refractivity contribution in [1.82, 2.24) is 14.5 Å². The maximum absolute atomic E-state index is 4.30. The molecule has 0 fully saturated rings. The van der Waals surface area contributed by atoms with E-state index in [1.165, 1.54) is 0 Å². The van der Waals surface area contributed by atoms with Crippen molar-refractivity contribution < 1.29 is 0 Å². The van der Waals surface area contributed by atoms with Gasteiger partial charge in [-0.1, -0.05) is 12.1 Å². The van der Waals surface area contributed by atoms with Crippen LogP contribution in [0.1, 0.15) is 0 Å². The second kappa shape index (κ2) is 3.87. The van der Waals surface area contributed by atoms with Crippen LogP contribution < -0.4 is 0 Å². The number of pyridine rings is 1. The Bertz CT molecular complexity index is 487. The third-order valence-electron chi connectivity index (χ3n) is 1.95. The molecule has 2 aromatic rings. The van der Waals surface area contributed by atoms with E-state index in [2.05, 4.69) is 9.97 Å². The molecule has 0 atom stereocenters. The lowest BCUT2D eigenvalue weighted by Crippen LogP contribution is -1.91. The Hall–Kier alpha value is -1.90. The van der Waals surface area contributed by atoms with Gasteiger partial charge in [-0.15, -0.1) is 0 Å². The molecule has 2 aromatic heterocycles. The van der Waals surface area contributed by atoms with Crippen molar-refractivity contribution in [3.8, 4) is 0 Å². The molecular weight excluding hydrogens is 174 g/mol. The van der Waals surface area contributed by atoms with Crippen LogP contribution in [-0.4, -0.2) is 14.5 Å². The number of fused-ring (bicyclic) bond motifs is 1. The van der Waals surface area contributed by atoms with Crippen molar-refractivity contribution in [2.24, 2.45) is 7.05 Å². The average molecular weight is 185 g/mol. The number of rotatable bonds is 0. The van der Waals surface area contributed by atoms with Crippen molar-refractivity contribution in [2.75, 3.05) is 0 Å². The van der Waals surface area contributed by atoms with E-state index in [9.17, 15) is 0 Å². The summed E-state index contributed by atoms with van der Waals surface area (Å²) in [6.07, 6.45) is 5.27. The van der Waals surface area contributed by atoms with Gasteiger partial charge in [0, 0.05) is 24.8 Å². The first-order valence-corrected chi connectivity index (χ1v) is 4.42. The molecule has 0 aliphatic heterocycles. The first-order valence-electron chi connectivity index (χ1n) is 4.42. The molecule has 3 heteroatoms.